The first-order valence-electron chi connectivity index (χ1n) is 4.60. The molecule has 0 radical (unpaired) electrons. The molecule has 0 nitrogen and oxygen atoms in total. The molecule has 0 aliphatic heterocycles. The number of halogens is 5. The molecule has 90 valence electrons. The molecular weight excluding hydrogens is 260 g/mol. The topological polar surface area (TPSA) is 0 Å². The van der Waals surface area contributed by atoms with Gasteiger partial charge in [0.05, 0.1) is 5.56 Å². The Hall–Kier alpha value is -0.410. The number of hydrogen-bond acceptors (Lipinski definition) is 0. The van der Waals surface area contributed by atoms with E-state index in [0.717, 1.165) is 12.1 Å². The molecule has 0 fully saturated rings. The van der Waals surface area contributed by atoms with Gasteiger partial charge in [-0.05, 0) is 23.1 Å². The molecule has 0 aliphatic carbocycles. The molecule has 0 heterocycles. The van der Waals surface area contributed by atoms with E-state index in [-0.39, 0.29) is 10.0 Å². The van der Waals surface area contributed by atoms with E-state index in [0.29, 0.717) is 5.56 Å². The Balaban J connectivity index is 3.41. The van der Waals surface area contributed by atoms with Crippen molar-refractivity contribution in [3.05, 3.63) is 33.3 Å². The van der Waals surface area contributed by atoms with Crippen LogP contribution < -0.4 is 0 Å². The Morgan fingerprint density at radius 3 is 1.56 bits per heavy atom. The molecule has 0 N–H and O–H groups in total. The van der Waals surface area contributed by atoms with Crippen LogP contribution in [0.4, 0.5) is 13.2 Å². The zero-order chi connectivity index (χ0) is 12.7. The molecule has 0 bridgehead atoms. The molecule has 0 spiro atoms. The maximum Gasteiger partial charge on any atom is 0.416 e. The van der Waals surface area contributed by atoms with Crippen LogP contribution in [-0.4, -0.2) is 0 Å². The van der Waals surface area contributed by atoms with Crippen LogP contribution in [-0.2, 0) is 11.6 Å². The molecule has 0 aromatic heterocycles. The minimum absolute atomic E-state index is 0.0484. The van der Waals surface area contributed by atoms with Crippen molar-refractivity contribution < 1.29 is 13.2 Å². The summed E-state index contributed by atoms with van der Waals surface area (Å²) in [6.45, 7) is 5.52. The van der Waals surface area contributed by atoms with Crippen LogP contribution in [0.2, 0.25) is 10.0 Å². The number of hydrogen-bond donors (Lipinski definition) is 0. The van der Waals surface area contributed by atoms with Crippen molar-refractivity contribution in [3.8, 4) is 0 Å². The Labute approximate surface area is 102 Å². The third-order valence-corrected chi connectivity index (χ3v) is 2.72. The second-order valence-corrected chi connectivity index (χ2v) is 5.38. The number of alkyl halides is 3. The van der Waals surface area contributed by atoms with Gasteiger partial charge in [0.1, 0.15) is 0 Å². The minimum atomic E-state index is -4.43. The molecule has 0 saturated carbocycles. The van der Waals surface area contributed by atoms with Crippen molar-refractivity contribution in [2.45, 2.75) is 32.4 Å². The Bertz CT molecular complexity index is 380. The van der Waals surface area contributed by atoms with Gasteiger partial charge >= 0.3 is 6.18 Å². The van der Waals surface area contributed by atoms with Gasteiger partial charge in [-0.15, -0.1) is 0 Å². The standard InChI is InChI=1S/C11H11Cl2F3/c1-10(2,3)9-7(12)4-6(5-8(9)13)11(14,15)16/h4-5H,1-3H3. The third kappa shape index (κ3) is 2.83. The van der Waals surface area contributed by atoms with Crippen molar-refractivity contribution >= 4 is 23.2 Å². The van der Waals surface area contributed by atoms with Gasteiger partial charge in [-0.1, -0.05) is 44.0 Å². The average molecular weight is 271 g/mol. The van der Waals surface area contributed by atoms with Crippen LogP contribution in [0, 0.1) is 0 Å². The smallest absolute Gasteiger partial charge is 0.166 e. The lowest BCUT2D eigenvalue weighted by molar-refractivity contribution is -0.137. The summed E-state index contributed by atoms with van der Waals surface area (Å²) >= 11 is 11.7. The number of benzene rings is 1. The van der Waals surface area contributed by atoms with E-state index in [1.54, 1.807) is 0 Å². The normalized spacial score (nSPS) is 13.0. The SMILES string of the molecule is CC(C)(C)c1c(Cl)cc(C(F)(F)F)cc1Cl. The van der Waals surface area contributed by atoms with E-state index in [1.807, 2.05) is 20.8 Å². The first kappa shape index (κ1) is 13.7. The van der Waals surface area contributed by atoms with E-state index in [1.165, 1.54) is 0 Å². The Morgan fingerprint density at radius 2 is 1.31 bits per heavy atom. The molecule has 5 heteroatoms. The van der Waals surface area contributed by atoms with Crippen LogP contribution in [0.3, 0.4) is 0 Å². The summed E-state index contributed by atoms with van der Waals surface area (Å²) in [5.41, 5.74) is -0.683. The monoisotopic (exact) mass is 270 g/mol. The summed E-state index contributed by atoms with van der Waals surface area (Å²) in [6, 6.07) is 1.82. The second kappa shape index (κ2) is 4.11. The summed E-state index contributed by atoms with van der Waals surface area (Å²) in [5.74, 6) is 0. The summed E-state index contributed by atoms with van der Waals surface area (Å²) < 4.78 is 37.4. The Kier molecular flexibility index (Phi) is 3.51. The van der Waals surface area contributed by atoms with Gasteiger partial charge in [-0.3, -0.25) is 0 Å². The van der Waals surface area contributed by atoms with E-state index >= 15 is 0 Å². The molecule has 0 atom stereocenters. The van der Waals surface area contributed by atoms with Crippen molar-refractivity contribution in [2.75, 3.05) is 0 Å². The van der Waals surface area contributed by atoms with Crippen molar-refractivity contribution in [2.24, 2.45) is 0 Å². The lowest BCUT2D eigenvalue weighted by Gasteiger charge is -2.23. The zero-order valence-electron chi connectivity index (χ0n) is 9.04. The predicted molar refractivity (Wildman–Crippen MR) is 60.2 cm³/mol. The summed E-state index contributed by atoms with van der Waals surface area (Å²) in [6.07, 6.45) is -4.43. The molecule has 0 amide bonds. The van der Waals surface area contributed by atoms with Gasteiger partial charge in [-0.2, -0.15) is 13.2 Å². The van der Waals surface area contributed by atoms with Gasteiger partial charge in [0.25, 0.3) is 0 Å². The highest BCUT2D eigenvalue weighted by molar-refractivity contribution is 6.36. The quantitative estimate of drug-likeness (QED) is 0.599. The van der Waals surface area contributed by atoms with Crippen molar-refractivity contribution in [1.29, 1.82) is 0 Å². The molecular formula is C11H11Cl2F3. The predicted octanol–water partition coefficient (Wildman–Crippen LogP) is 5.31. The fraction of sp³-hybridized carbons (Fsp3) is 0.455. The summed E-state index contributed by atoms with van der Waals surface area (Å²) in [4.78, 5) is 0. The molecule has 0 unspecified atom stereocenters. The van der Waals surface area contributed by atoms with Gasteiger partial charge in [0.15, 0.2) is 0 Å². The maximum atomic E-state index is 12.5. The van der Waals surface area contributed by atoms with Gasteiger partial charge in [0.2, 0.25) is 0 Å². The van der Waals surface area contributed by atoms with Crippen LogP contribution in [0.25, 0.3) is 0 Å². The molecule has 0 saturated heterocycles. The highest BCUT2D eigenvalue weighted by Gasteiger charge is 2.33. The van der Waals surface area contributed by atoms with Crippen molar-refractivity contribution in [3.63, 3.8) is 0 Å². The summed E-state index contributed by atoms with van der Waals surface area (Å²) in [7, 11) is 0. The molecule has 0 aliphatic rings. The van der Waals surface area contributed by atoms with Gasteiger partial charge < -0.3 is 0 Å². The molecule has 1 aromatic rings. The second-order valence-electron chi connectivity index (χ2n) is 4.56. The lowest BCUT2D eigenvalue weighted by atomic mass is 9.86. The van der Waals surface area contributed by atoms with Crippen LogP contribution in [0.1, 0.15) is 31.9 Å². The number of rotatable bonds is 0. The van der Waals surface area contributed by atoms with Crippen LogP contribution >= 0.6 is 23.2 Å². The molecule has 1 aromatic carbocycles. The van der Waals surface area contributed by atoms with Crippen LogP contribution in [0.15, 0.2) is 12.1 Å². The van der Waals surface area contributed by atoms with E-state index in [9.17, 15) is 13.2 Å². The highest BCUT2D eigenvalue weighted by atomic mass is 35.5. The fourth-order valence-electron chi connectivity index (χ4n) is 1.45. The average Bonchev–Trinajstić information content (AvgIpc) is 1.97. The highest BCUT2D eigenvalue weighted by Crippen LogP contribution is 2.40. The van der Waals surface area contributed by atoms with Gasteiger partial charge in [-0.25, -0.2) is 0 Å². The van der Waals surface area contributed by atoms with Crippen molar-refractivity contribution in [1.82, 2.24) is 0 Å². The molecule has 1 rings (SSSR count). The Morgan fingerprint density at radius 1 is 0.938 bits per heavy atom. The van der Waals surface area contributed by atoms with Gasteiger partial charge in [0, 0.05) is 10.0 Å². The summed E-state index contributed by atoms with van der Waals surface area (Å²) in [5, 5.41) is 0.0969. The largest absolute Gasteiger partial charge is 0.416 e. The van der Waals surface area contributed by atoms with E-state index in [2.05, 4.69) is 0 Å². The first-order valence-corrected chi connectivity index (χ1v) is 5.36. The van der Waals surface area contributed by atoms with E-state index < -0.39 is 17.2 Å². The van der Waals surface area contributed by atoms with Crippen LogP contribution in [0.5, 0.6) is 0 Å². The maximum absolute atomic E-state index is 12.5. The third-order valence-electron chi connectivity index (χ3n) is 2.12. The lowest BCUT2D eigenvalue weighted by Crippen LogP contribution is -2.14. The molecule has 16 heavy (non-hydrogen) atoms. The first-order chi connectivity index (χ1) is 7.03. The zero-order valence-corrected chi connectivity index (χ0v) is 10.6. The van der Waals surface area contributed by atoms with E-state index in [4.69, 9.17) is 23.2 Å². The minimum Gasteiger partial charge on any atom is -0.166 e. The fourth-order valence-corrected chi connectivity index (χ4v) is 2.51.